The van der Waals surface area contributed by atoms with E-state index in [4.69, 9.17) is 0 Å². The first-order valence-corrected chi connectivity index (χ1v) is 7.07. The van der Waals surface area contributed by atoms with E-state index in [0.29, 0.717) is 26.2 Å². The zero-order valence-electron chi connectivity index (χ0n) is 7.89. The zero-order valence-corrected chi connectivity index (χ0v) is 12.2. The van der Waals surface area contributed by atoms with Crippen LogP contribution < -0.4 is 5.32 Å². The molecule has 0 aliphatic carbocycles. The van der Waals surface area contributed by atoms with Gasteiger partial charge in [-0.1, -0.05) is 59.0 Å². The third-order valence-electron chi connectivity index (χ3n) is 2.60. The molecule has 76 valence electrons. The molecule has 4 heteroatoms. The second-order valence-corrected chi connectivity index (χ2v) is 9.02. The van der Waals surface area contributed by atoms with E-state index in [1.54, 1.807) is 0 Å². The van der Waals surface area contributed by atoms with Gasteiger partial charge in [0.1, 0.15) is 0 Å². The van der Waals surface area contributed by atoms with E-state index in [1.807, 2.05) is 0 Å². The van der Waals surface area contributed by atoms with Crippen molar-refractivity contribution in [3.05, 3.63) is 0 Å². The molecule has 2 nitrogen and oxygen atoms in total. The van der Waals surface area contributed by atoms with Crippen molar-refractivity contribution >= 4 is 51.1 Å². The Kier molecular flexibility index (Phi) is 4.74. The molecule has 0 aromatic heterocycles. The van der Waals surface area contributed by atoms with Gasteiger partial charge in [0.15, 0.2) is 0 Å². The summed E-state index contributed by atoms with van der Waals surface area (Å²) in [5.41, 5.74) is 0. The molecule has 1 heterocycles. The summed E-state index contributed by atoms with van der Waals surface area (Å²) >= 11 is 4.75. The summed E-state index contributed by atoms with van der Waals surface area (Å²) in [6.45, 7) is 4.41. The van der Waals surface area contributed by atoms with Crippen LogP contribution in [0.25, 0.3) is 0 Å². The Labute approximate surface area is 107 Å². The molecule has 0 bridgehead atoms. The highest BCUT2D eigenvalue weighted by Gasteiger charge is 2.30. The van der Waals surface area contributed by atoms with Gasteiger partial charge in [-0.05, 0) is 18.3 Å². The minimum Gasteiger partial charge on any atom is -0.352 e. The fraction of sp³-hybridized carbons (Fsp3) is 0.889. The lowest BCUT2D eigenvalue weighted by Crippen LogP contribution is -2.46. The number of hydrogen-bond donors (Lipinski definition) is 1. The van der Waals surface area contributed by atoms with Gasteiger partial charge in [-0.25, -0.2) is 0 Å². The van der Waals surface area contributed by atoms with E-state index in [2.05, 4.69) is 64.3 Å². The Morgan fingerprint density at radius 2 is 2.08 bits per heavy atom. The van der Waals surface area contributed by atoms with E-state index in [-0.39, 0.29) is 5.91 Å². The lowest BCUT2D eigenvalue weighted by atomic mass is 9.84. The maximum Gasteiger partial charge on any atom is 0.220 e. The molecule has 0 unspecified atom stereocenters. The van der Waals surface area contributed by atoms with Crippen molar-refractivity contribution in [1.29, 1.82) is 0 Å². The summed E-state index contributed by atoms with van der Waals surface area (Å²) in [7, 11) is 0. The summed E-state index contributed by atoms with van der Waals surface area (Å²) < 4.78 is 0.501. The SMILES string of the molecule is CC(C)[C@@H]1CC(=O)N[C@H](C(I)I)C1. The number of piperidine rings is 1. The number of rotatable bonds is 2. The van der Waals surface area contributed by atoms with Crippen molar-refractivity contribution in [2.45, 2.75) is 34.7 Å². The predicted molar refractivity (Wildman–Crippen MR) is 71.3 cm³/mol. The quantitative estimate of drug-likeness (QED) is 0.554. The monoisotopic (exact) mass is 407 g/mol. The Morgan fingerprint density at radius 3 is 2.54 bits per heavy atom. The third kappa shape index (κ3) is 3.53. The van der Waals surface area contributed by atoms with Crippen LogP contribution in [0.2, 0.25) is 0 Å². The van der Waals surface area contributed by atoms with Crippen LogP contribution in [0.4, 0.5) is 0 Å². The van der Waals surface area contributed by atoms with Crippen molar-refractivity contribution < 1.29 is 4.79 Å². The van der Waals surface area contributed by atoms with Crippen molar-refractivity contribution in [2.75, 3.05) is 0 Å². The van der Waals surface area contributed by atoms with Crippen LogP contribution in [0.5, 0.6) is 0 Å². The molecule has 1 saturated heterocycles. The van der Waals surface area contributed by atoms with Gasteiger partial charge in [0.05, 0.1) is 1.93 Å². The van der Waals surface area contributed by atoms with Crippen LogP contribution in [-0.4, -0.2) is 13.9 Å². The molecule has 1 N–H and O–H groups in total. The maximum atomic E-state index is 11.4. The van der Waals surface area contributed by atoms with Crippen molar-refractivity contribution in [1.82, 2.24) is 5.32 Å². The van der Waals surface area contributed by atoms with Crippen LogP contribution in [0.3, 0.4) is 0 Å². The standard InChI is InChI=1S/C9H15I2NO/c1-5(2)6-3-7(9(10)11)12-8(13)4-6/h5-7,9H,3-4H2,1-2H3,(H,12,13)/t6-,7-/m0/s1. The Hall–Kier alpha value is 0.930. The maximum absolute atomic E-state index is 11.4. The average molecular weight is 407 g/mol. The summed E-state index contributed by atoms with van der Waals surface area (Å²) in [4.78, 5) is 11.4. The van der Waals surface area contributed by atoms with Crippen LogP contribution in [0.1, 0.15) is 26.7 Å². The van der Waals surface area contributed by atoms with Gasteiger partial charge in [-0.15, -0.1) is 0 Å². The van der Waals surface area contributed by atoms with Crippen LogP contribution in [0, 0.1) is 11.8 Å². The molecule has 1 aliphatic rings. The van der Waals surface area contributed by atoms with Gasteiger partial charge in [-0.3, -0.25) is 4.79 Å². The smallest absolute Gasteiger partial charge is 0.220 e. The number of nitrogens with one attached hydrogen (secondary N) is 1. The number of carbonyl (C=O) groups is 1. The second-order valence-electron chi connectivity index (χ2n) is 3.95. The number of amides is 1. The van der Waals surface area contributed by atoms with Gasteiger partial charge < -0.3 is 5.32 Å². The molecule has 1 aliphatic heterocycles. The molecule has 1 rings (SSSR count). The lowest BCUT2D eigenvalue weighted by Gasteiger charge is -2.32. The molecule has 1 amide bonds. The van der Waals surface area contributed by atoms with Crippen LogP contribution >= 0.6 is 45.2 Å². The number of halogens is 2. The van der Waals surface area contributed by atoms with Gasteiger partial charge in [0.2, 0.25) is 5.91 Å². The van der Waals surface area contributed by atoms with E-state index in [0.717, 1.165) is 6.42 Å². The molecule has 0 spiro atoms. The molecular weight excluding hydrogens is 392 g/mol. The van der Waals surface area contributed by atoms with Gasteiger partial charge in [0.25, 0.3) is 0 Å². The summed E-state index contributed by atoms with van der Waals surface area (Å²) in [5.74, 6) is 1.43. The molecule has 0 saturated carbocycles. The topological polar surface area (TPSA) is 29.1 Å². The van der Waals surface area contributed by atoms with E-state index >= 15 is 0 Å². The first-order valence-electron chi connectivity index (χ1n) is 4.58. The minimum atomic E-state index is 0.230. The molecular formula is C9H15I2NO. The first-order chi connectivity index (χ1) is 6.00. The zero-order chi connectivity index (χ0) is 10.0. The molecule has 1 fully saturated rings. The number of hydrogen-bond acceptors (Lipinski definition) is 1. The van der Waals surface area contributed by atoms with Gasteiger partial charge in [0, 0.05) is 12.5 Å². The Balaban J connectivity index is 2.57. The number of alkyl halides is 2. The normalized spacial score (nSPS) is 29.5. The van der Waals surface area contributed by atoms with E-state index in [1.165, 1.54) is 0 Å². The fourth-order valence-electron chi connectivity index (χ4n) is 1.65. The van der Waals surface area contributed by atoms with E-state index in [9.17, 15) is 4.79 Å². The highest BCUT2D eigenvalue weighted by atomic mass is 127. The number of carbonyl (C=O) groups excluding carboxylic acids is 1. The lowest BCUT2D eigenvalue weighted by molar-refractivity contribution is -0.125. The fourth-order valence-corrected chi connectivity index (χ4v) is 2.59. The second kappa shape index (κ2) is 5.14. The average Bonchev–Trinajstić information content (AvgIpc) is 2.03. The van der Waals surface area contributed by atoms with Crippen molar-refractivity contribution in [3.63, 3.8) is 0 Å². The molecule has 2 atom stereocenters. The van der Waals surface area contributed by atoms with E-state index < -0.39 is 0 Å². The van der Waals surface area contributed by atoms with Crippen LogP contribution in [-0.2, 0) is 4.79 Å². The predicted octanol–water partition coefficient (Wildman–Crippen LogP) is 2.73. The van der Waals surface area contributed by atoms with Crippen molar-refractivity contribution in [3.8, 4) is 0 Å². The van der Waals surface area contributed by atoms with Crippen LogP contribution in [0.15, 0.2) is 0 Å². The highest BCUT2D eigenvalue weighted by molar-refractivity contribution is 14.2. The largest absolute Gasteiger partial charge is 0.352 e. The highest BCUT2D eigenvalue weighted by Crippen LogP contribution is 2.29. The summed E-state index contributed by atoms with van der Waals surface area (Å²) in [6.07, 6.45) is 1.86. The molecule has 0 radical (unpaired) electrons. The molecule has 0 aromatic rings. The summed E-state index contributed by atoms with van der Waals surface area (Å²) in [6, 6.07) is 0.370. The minimum absolute atomic E-state index is 0.230. The van der Waals surface area contributed by atoms with Gasteiger partial charge >= 0.3 is 0 Å². The third-order valence-corrected chi connectivity index (χ3v) is 4.33. The molecule has 0 aromatic carbocycles. The first kappa shape index (κ1) is 12.0. The Bertz CT molecular complexity index is 176. The Morgan fingerprint density at radius 1 is 1.46 bits per heavy atom. The molecule has 13 heavy (non-hydrogen) atoms. The van der Waals surface area contributed by atoms with Gasteiger partial charge in [-0.2, -0.15) is 0 Å². The summed E-state index contributed by atoms with van der Waals surface area (Å²) in [5, 5.41) is 3.05. The van der Waals surface area contributed by atoms with Crippen molar-refractivity contribution in [2.24, 2.45) is 11.8 Å².